The fraction of sp³-hybridized carbons (Fsp3) is 0.0714. The Morgan fingerprint density at radius 2 is 1.76 bits per heavy atom. The first kappa shape index (κ1) is 11.5. The van der Waals surface area contributed by atoms with Crippen molar-refractivity contribution in [3.8, 4) is 11.1 Å². The van der Waals surface area contributed by atoms with Gasteiger partial charge in [0.1, 0.15) is 17.9 Å². The van der Waals surface area contributed by atoms with Crippen LogP contribution in [0.4, 0.5) is 8.78 Å². The molecule has 17 heavy (non-hydrogen) atoms. The van der Waals surface area contributed by atoms with Gasteiger partial charge in [-0.05, 0) is 41.0 Å². The van der Waals surface area contributed by atoms with Crippen molar-refractivity contribution in [1.29, 1.82) is 0 Å². The zero-order valence-corrected chi connectivity index (χ0v) is 8.99. The van der Waals surface area contributed by atoms with E-state index in [9.17, 15) is 13.6 Å². The van der Waals surface area contributed by atoms with Gasteiger partial charge in [0.05, 0.1) is 0 Å². The second kappa shape index (κ2) is 4.87. The molecule has 0 saturated heterocycles. The Morgan fingerprint density at radius 1 is 1.00 bits per heavy atom. The molecule has 86 valence electrons. The van der Waals surface area contributed by atoms with Crippen LogP contribution in [0, 0.1) is 11.6 Å². The van der Waals surface area contributed by atoms with E-state index in [1.807, 2.05) is 0 Å². The summed E-state index contributed by atoms with van der Waals surface area (Å²) in [6.07, 6.45) is 0.669. The highest BCUT2D eigenvalue weighted by molar-refractivity contribution is 5.66. The van der Waals surface area contributed by atoms with Crippen LogP contribution < -0.4 is 0 Å². The van der Waals surface area contributed by atoms with Crippen molar-refractivity contribution < 1.29 is 13.6 Å². The van der Waals surface area contributed by atoms with Gasteiger partial charge in [-0.2, -0.15) is 0 Å². The summed E-state index contributed by atoms with van der Waals surface area (Å²) >= 11 is 0. The summed E-state index contributed by atoms with van der Waals surface area (Å²) in [6.45, 7) is 0. The van der Waals surface area contributed by atoms with E-state index in [4.69, 9.17) is 0 Å². The van der Waals surface area contributed by atoms with Gasteiger partial charge in [-0.1, -0.05) is 18.2 Å². The van der Waals surface area contributed by atoms with Crippen LogP contribution in [0.2, 0.25) is 0 Å². The number of hydrogen-bond donors (Lipinski definition) is 0. The molecule has 3 heteroatoms. The summed E-state index contributed by atoms with van der Waals surface area (Å²) in [6, 6.07) is 10.5. The Bertz CT molecular complexity index is 550. The fourth-order valence-corrected chi connectivity index (χ4v) is 1.67. The minimum Gasteiger partial charge on any atom is -0.303 e. The first-order valence-corrected chi connectivity index (χ1v) is 5.18. The van der Waals surface area contributed by atoms with Gasteiger partial charge in [-0.25, -0.2) is 8.78 Å². The number of carbonyl (C=O) groups excluding carboxylic acids is 1. The Labute approximate surface area is 97.7 Å². The molecule has 0 N–H and O–H groups in total. The van der Waals surface area contributed by atoms with Crippen LogP contribution >= 0.6 is 0 Å². The monoisotopic (exact) mass is 232 g/mol. The predicted molar refractivity (Wildman–Crippen MR) is 61.6 cm³/mol. The molecule has 2 rings (SSSR count). The van der Waals surface area contributed by atoms with Crippen LogP contribution in [-0.4, -0.2) is 6.29 Å². The van der Waals surface area contributed by atoms with Crippen molar-refractivity contribution >= 4 is 6.29 Å². The third-order valence-electron chi connectivity index (χ3n) is 2.51. The summed E-state index contributed by atoms with van der Waals surface area (Å²) in [5.41, 5.74) is 1.68. The summed E-state index contributed by atoms with van der Waals surface area (Å²) in [7, 11) is 0. The average Bonchev–Trinajstić information content (AvgIpc) is 2.32. The molecular weight excluding hydrogens is 222 g/mol. The highest BCUT2D eigenvalue weighted by Gasteiger charge is 2.05. The number of rotatable bonds is 3. The van der Waals surface area contributed by atoms with Gasteiger partial charge in [-0.3, -0.25) is 0 Å². The minimum absolute atomic E-state index is 0.0228. The lowest BCUT2D eigenvalue weighted by atomic mass is 10.0. The maximum atomic E-state index is 13.3. The SMILES string of the molecule is O=CCc1cc(-c2cccc(F)c2)ccc1F. The van der Waals surface area contributed by atoms with E-state index in [1.54, 1.807) is 24.3 Å². The van der Waals surface area contributed by atoms with Crippen molar-refractivity contribution in [2.45, 2.75) is 6.42 Å². The summed E-state index contributed by atoms with van der Waals surface area (Å²) in [5, 5.41) is 0. The number of carbonyl (C=O) groups is 1. The van der Waals surface area contributed by atoms with Crippen LogP contribution in [0.15, 0.2) is 42.5 Å². The molecule has 0 fully saturated rings. The molecule has 0 aliphatic heterocycles. The molecule has 0 spiro atoms. The third kappa shape index (κ3) is 2.56. The van der Waals surface area contributed by atoms with E-state index in [0.29, 0.717) is 23.0 Å². The summed E-state index contributed by atoms with van der Waals surface area (Å²) in [5.74, 6) is -0.763. The van der Waals surface area contributed by atoms with Crippen molar-refractivity contribution in [3.63, 3.8) is 0 Å². The van der Waals surface area contributed by atoms with Crippen LogP contribution in [0.3, 0.4) is 0 Å². The first-order valence-electron chi connectivity index (χ1n) is 5.18. The van der Waals surface area contributed by atoms with Crippen LogP contribution in [0.25, 0.3) is 11.1 Å². The highest BCUT2D eigenvalue weighted by atomic mass is 19.1. The van der Waals surface area contributed by atoms with E-state index in [1.165, 1.54) is 18.2 Å². The van der Waals surface area contributed by atoms with Gasteiger partial charge in [0, 0.05) is 6.42 Å². The molecule has 0 aromatic heterocycles. The van der Waals surface area contributed by atoms with Gasteiger partial charge in [0.25, 0.3) is 0 Å². The zero-order valence-electron chi connectivity index (χ0n) is 8.99. The maximum absolute atomic E-state index is 13.3. The quantitative estimate of drug-likeness (QED) is 0.741. The molecule has 0 bridgehead atoms. The Kier molecular flexibility index (Phi) is 3.28. The zero-order chi connectivity index (χ0) is 12.3. The van der Waals surface area contributed by atoms with E-state index < -0.39 is 5.82 Å². The molecule has 2 aromatic carbocycles. The highest BCUT2D eigenvalue weighted by Crippen LogP contribution is 2.22. The predicted octanol–water partition coefficient (Wildman–Crippen LogP) is 3.37. The number of hydrogen-bond acceptors (Lipinski definition) is 1. The van der Waals surface area contributed by atoms with E-state index in [0.717, 1.165) is 0 Å². The fourth-order valence-electron chi connectivity index (χ4n) is 1.67. The van der Waals surface area contributed by atoms with Crippen molar-refractivity contribution in [2.75, 3.05) is 0 Å². The molecule has 0 amide bonds. The molecular formula is C14H10F2O. The summed E-state index contributed by atoms with van der Waals surface area (Å²) < 4.78 is 26.4. The van der Waals surface area contributed by atoms with E-state index in [-0.39, 0.29) is 12.2 Å². The lowest BCUT2D eigenvalue weighted by molar-refractivity contribution is -0.107. The van der Waals surface area contributed by atoms with Crippen LogP contribution in [0.5, 0.6) is 0 Å². The van der Waals surface area contributed by atoms with Gasteiger partial charge in [-0.15, -0.1) is 0 Å². The first-order chi connectivity index (χ1) is 8.20. The van der Waals surface area contributed by atoms with Gasteiger partial charge >= 0.3 is 0 Å². The third-order valence-corrected chi connectivity index (χ3v) is 2.51. The summed E-state index contributed by atoms with van der Waals surface area (Å²) in [4.78, 5) is 10.4. The van der Waals surface area contributed by atoms with Crippen molar-refractivity contribution in [2.24, 2.45) is 0 Å². The maximum Gasteiger partial charge on any atom is 0.126 e. The largest absolute Gasteiger partial charge is 0.303 e. The Morgan fingerprint density at radius 3 is 2.47 bits per heavy atom. The molecule has 0 aliphatic carbocycles. The standard InChI is InChI=1S/C14H10F2O/c15-13-3-1-2-10(9-13)11-4-5-14(16)12(8-11)6-7-17/h1-5,7-9H,6H2. The van der Waals surface area contributed by atoms with Gasteiger partial charge in [0.2, 0.25) is 0 Å². The molecule has 0 unspecified atom stereocenters. The minimum atomic E-state index is -0.419. The van der Waals surface area contributed by atoms with E-state index >= 15 is 0 Å². The van der Waals surface area contributed by atoms with Gasteiger partial charge < -0.3 is 4.79 Å². The van der Waals surface area contributed by atoms with Crippen molar-refractivity contribution in [1.82, 2.24) is 0 Å². The van der Waals surface area contributed by atoms with E-state index in [2.05, 4.69) is 0 Å². The molecule has 0 saturated carbocycles. The van der Waals surface area contributed by atoms with Crippen molar-refractivity contribution in [3.05, 3.63) is 59.7 Å². The lowest BCUT2D eigenvalue weighted by Gasteiger charge is -2.05. The molecule has 0 heterocycles. The average molecular weight is 232 g/mol. The topological polar surface area (TPSA) is 17.1 Å². The molecule has 0 radical (unpaired) electrons. The van der Waals surface area contributed by atoms with Crippen LogP contribution in [-0.2, 0) is 11.2 Å². The Balaban J connectivity index is 2.46. The molecule has 2 aromatic rings. The Hall–Kier alpha value is -2.03. The molecule has 0 atom stereocenters. The smallest absolute Gasteiger partial charge is 0.126 e. The number of aldehydes is 1. The second-order valence-electron chi connectivity index (χ2n) is 3.69. The normalized spacial score (nSPS) is 10.2. The lowest BCUT2D eigenvalue weighted by Crippen LogP contribution is -1.92. The van der Waals surface area contributed by atoms with Gasteiger partial charge in [0.15, 0.2) is 0 Å². The van der Waals surface area contributed by atoms with Crippen LogP contribution in [0.1, 0.15) is 5.56 Å². The number of halogens is 2. The molecule has 0 aliphatic rings. The molecule has 1 nitrogen and oxygen atoms in total. The number of benzene rings is 2. The second-order valence-corrected chi connectivity index (χ2v) is 3.69.